The number of phenols is 1. The summed E-state index contributed by atoms with van der Waals surface area (Å²) in [7, 11) is 0. The van der Waals surface area contributed by atoms with Gasteiger partial charge in [0.1, 0.15) is 5.82 Å². The SMILES string of the molecule is Oc1ccc(-c2cccc(F)c2)c(F)c1F. The van der Waals surface area contributed by atoms with E-state index >= 15 is 0 Å². The molecule has 2 aromatic carbocycles. The van der Waals surface area contributed by atoms with Gasteiger partial charge in [0.05, 0.1) is 0 Å². The molecule has 0 fully saturated rings. The summed E-state index contributed by atoms with van der Waals surface area (Å²) in [5.41, 5.74) is 0.131. The van der Waals surface area contributed by atoms with Gasteiger partial charge in [-0.25, -0.2) is 8.78 Å². The first-order valence-electron chi connectivity index (χ1n) is 4.52. The van der Waals surface area contributed by atoms with Crippen molar-refractivity contribution < 1.29 is 18.3 Å². The van der Waals surface area contributed by atoms with Crippen LogP contribution in [0.1, 0.15) is 0 Å². The molecule has 0 aliphatic carbocycles. The van der Waals surface area contributed by atoms with Gasteiger partial charge in [0.25, 0.3) is 0 Å². The van der Waals surface area contributed by atoms with Crippen LogP contribution in [0.15, 0.2) is 36.4 Å². The van der Waals surface area contributed by atoms with Crippen molar-refractivity contribution in [2.45, 2.75) is 0 Å². The molecule has 1 nitrogen and oxygen atoms in total. The van der Waals surface area contributed by atoms with Crippen LogP contribution in [0.4, 0.5) is 13.2 Å². The number of hydrogen-bond acceptors (Lipinski definition) is 1. The molecule has 0 unspecified atom stereocenters. The first kappa shape index (κ1) is 10.5. The van der Waals surface area contributed by atoms with Crippen LogP contribution in [0.5, 0.6) is 5.75 Å². The molecule has 0 aliphatic rings. The first-order chi connectivity index (χ1) is 7.59. The van der Waals surface area contributed by atoms with Crippen LogP contribution in [0, 0.1) is 17.5 Å². The average molecular weight is 224 g/mol. The van der Waals surface area contributed by atoms with Crippen molar-refractivity contribution in [1.29, 1.82) is 0 Å². The van der Waals surface area contributed by atoms with Gasteiger partial charge in [-0.1, -0.05) is 12.1 Å². The number of rotatable bonds is 1. The second kappa shape index (κ2) is 3.89. The minimum absolute atomic E-state index is 0.0881. The predicted molar refractivity (Wildman–Crippen MR) is 53.4 cm³/mol. The van der Waals surface area contributed by atoms with Crippen molar-refractivity contribution >= 4 is 0 Å². The molecule has 16 heavy (non-hydrogen) atoms. The lowest BCUT2D eigenvalue weighted by Crippen LogP contribution is -1.90. The Bertz CT molecular complexity index is 538. The van der Waals surface area contributed by atoms with E-state index in [4.69, 9.17) is 5.11 Å². The van der Waals surface area contributed by atoms with Crippen molar-refractivity contribution in [3.8, 4) is 16.9 Å². The molecule has 2 rings (SSSR count). The van der Waals surface area contributed by atoms with Gasteiger partial charge in [0, 0.05) is 5.56 Å². The van der Waals surface area contributed by atoms with E-state index in [9.17, 15) is 13.2 Å². The molecule has 0 bridgehead atoms. The van der Waals surface area contributed by atoms with Crippen LogP contribution in [-0.2, 0) is 0 Å². The summed E-state index contributed by atoms with van der Waals surface area (Å²) in [5, 5.41) is 8.94. The smallest absolute Gasteiger partial charge is 0.200 e. The summed E-state index contributed by atoms with van der Waals surface area (Å²) >= 11 is 0. The van der Waals surface area contributed by atoms with E-state index < -0.39 is 23.2 Å². The van der Waals surface area contributed by atoms with Gasteiger partial charge >= 0.3 is 0 Å². The Labute approximate surface area is 89.8 Å². The third-order valence-electron chi connectivity index (χ3n) is 2.20. The van der Waals surface area contributed by atoms with E-state index in [-0.39, 0.29) is 11.1 Å². The topological polar surface area (TPSA) is 20.2 Å². The summed E-state index contributed by atoms with van der Waals surface area (Å²) in [6.07, 6.45) is 0. The molecule has 2 aromatic rings. The largest absolute Gasteiger partial charge is 0.505 e. The highest BCUT2D eigenvalue weighted by atomic mass is 19.2. The van der Waals surface area contributed by atoms with Gasteiger partial charge in [0.2, 0.25) is 5.82 Å². The maximum absolute atomic E-state index is 13.4. The molecule has 0 aromatic heterocycles. The Morgan fingerprint density at radius 1 is 0.875 bits per heavy atom. The highest BCUT2D eigenvalue weighted by Gasteiger charge is 2.14. The Balaban J connectivity index is 2.61. The van der Waals surface area contributed by atoms with Gasteiger partial charge in [0.15, 0.2) is 11.6 Å². The van der Waals surface area contributed by atoms with E-state index in [1.54, 1.807) is 0 Å². The highest BCUT2D eigenvalue weighted by Crippen LogP contribution is 2.29. The summed E-state index contributed by atoms with van der Waals surface area (Å²) in [6, 6.07) is 7.38. The Hall–Kier alpha value is -1.97. The molecule has 4 heteroatoms. The molecule has 82 valence electrons. The van der Waals surface area contributed by atoms with Crippen molar-refractivity contribution in [3.63, 3.8) is 0 Å². The second-order valence-corrected chi connectivity index (χ2v) is 3.27. The van der Waals surface area contributed by atoms with Crippen LogP contribution in [0.25, 0.3) is 11.1 Å². The minimum Gasteiger partial charge on any atom is -0.505 e. The van der Waals surface area contributed by atoms with Crippen LogP contribution in [0.3, 0.4) is 0 Å². The number of phenolic OH excluding ortho intramolecular Hbond substituents is 1. The monoisotopic (exact) mass is 224 g/mol. The van der Waals surface area contributed by atoms with Gasteiger partial charge in [-0.05, 0) is 29.8 Å². The number of benzene rings is 2. The van der Waals surface area contributed by atoms with Crippen molar-refractivity contribution in [1.82, 2.24) is 0 Å². The standard InChI is InChI=1S/C12H7F3O/c13-8-3-1-2-7(6-8)9-4-5-10(16)12(15)11(9)14/h1-6,16H. The maximum Gasteiger partial charge on any atom is 0.200 e. The van der Waals surface area contributed by atoms with E-state index in [1.165, 1.54) is 24.3 Å². The zero-order valence-electron chi connectivity index (χ0n) is 8.05. The molecule has 0 spiro atoms. The number of halogens is 3. The molecular weight excluding hydrogens is 217 g/mol. The summed E-state index contributed by atoms with van der Waals surface area (Å²) < 4.78 is 39.4. The van der Waals surface area contributed by atoms with Crippen molar-refractivity contribution in [2.24, 2.45) is 0 Å². The minimum atomic E-state index is -1.33. The van der Waals surface area contributed by atoms with Crippen molar-refractivity contribution in [3.05, 3.63) is 53.8 Å². The molecule has 0 amide bonds. The van der Waals surface area contributed by atoms with E-state index in [0.29, 0.717) is 0 Å². The average Bonchev–Trinajstić information content (AvgIpc) is 2.26. The fraction of sp³-hybridized carbons (Fsp3) is 0. The fourth-order valence-corrected chi connectivity index (χ4v) is 1.42. The van der Waals surface area contributed by atoms with E-state index in [2.05, 4.69) is 0 Å². The number of hydrogen-bond donors (Lipinski definition) is 1. The second-order valence-electron chi connectivity index (χ2n) is 3.27. The van der Waals surface area contributed by atoms with E-state index in [0.717, 1.165) is 12.1 Å². The lowest BCUT2D eigenvalue weighted by molar-refractivity contribution is 0.408. The zero-order chi connectivity index (χ0) is 11.7. The molecule has 0 atom stereocenters. The lowest BCUT2D eigenvalue weighted by atomic mass is 10.0. The fourth-order valence-electron chi connectivity index (χ4n) is 1.42. The Kier molecular flexibility index (Phi) is 2.56. The van der Waals surface area contributed by atoms with Crippen molar-refractivity contribution in [2.75, 3.05) is 0 Å². The van der Waals surface area contributed by atoms with Crippen LogP contribution in [0.2, 0.25) is 0 Å². The quantitative estimate of drug-likeness (QED) is 0.786. The highest BCUT2D eigenvalue weighted by molar-refractivity contribution is 5.65. The molecule has 0 saturated heterocycles. The zero-order valence-corrected chi connectivity index (χ0v) is 8.05. The third kappa shape index (κ3) is 1.74. The summed E-state index contributed by atoms with van der Waals surface area (Å²) in [6.45, 7) is 0. The molecule has 0 radical (unpaired) electrons. The normalized spacial score (nSPS) is 10.4. The number of aromatic hydroxyl groups is 1. The predicted octanol–water partition coefficient (Wildman–Crippen LogP) is 3.48. The Morgan fingerprint density at radius 2 is 1.62 bits per heavy atom. The third-order valence-corrected chi connectivity index (χ3v) is 2.20. The molecule has 0 aliphatic heterocycles. The van der Waals surface area contributed by atoms with Crippen LogP contribution < -0.4 is 0 Å². The van der Waals surface area contributed by atoms with Crippen LogP contribution >= 0.6 is 0 Å². The first-order valence-corrected chi connectivity index (χ1v) is 4.52. The Morgan fingerprint density at radius 3 is 2.31 bits per heavy atom. The molecule has 0 heterocycles. The molecular formula is C12H7F3O. The maximum atomic E-state index is 13.4. The van der Waals surface area contributed by atoms with Gasteiger partial charge < -0.3 is 5.11 Å². The van der Waals surface area contributed by atoms with Gasteiger partial charge in [-0.15, -0.1) is 0 Å². The van der Waals surface area contributed by atoms with Gasteiger partial charge in [-0.2, -0.15) is 4.39 Å². The van der Waals surface area contributed by atoms with Gasteiger partial charge in [-0.3, -0.25) is 0 Å². The summed E-state index contributed by atoms with van der Waals surface area (Å²) in [4.78, 5) is 0. The lowest BCUT2D eigenvalue weighted by Gasteiger charge is -2.05. The summed E-state index contributed by atoms with van der Waals surface area (Å²) in [5.74, 6) is -3.82. The molecule has 1 N–H and O–H groups in total. The van der Waals surface area contributed by atoms with E-state index in [1.807, 2.05) is 0 Å². The molecule has 0 saturated carbocycles. The van der Waals surface area contributed by atoms with Crippen LogP contribution in [-0.4, -0.2) is 5.11 Å².